The first-order valence-corrected chi connectivity index (χ1v) is 8.02. The lowest BCUT2D eigenvalue weighted by atomic mass is 10.0. The fourth-order valence-electron chi connectivity index (χ4n) is 2.41. The van der Waals surface area contributed by atoms with Crippen LogP contribution in [0.25, 0.3) is 0 Å². The maximum atomic E-state index is 3.69. The summed E-state index contributed by atoms with van der Waals surface area (Å²) in [5.74, 6) is 0. The molecule has 1 aromatic carbocycles. The van der Waals surface area contributed by atoms with Crippen molar-refractivity contribution in [2.45, 2.75) is 58.5 Å². The fourth-order valence-corrected chi connectivity index (χ4v) is 2.41. The topological polar surface area (TPSA) is 15.3 Å². The summed E-state index contributed by atoms with van der Waals surface area (Å²) in [6.45, 7) is 7.91. The quantitative estimate of drug-likeness (QED) is 0.733. The van der Waals surface area contributed by atoms with Gasteiger partial charge in [0, 0.05) is 12.1 Å². The molecule has 0 heterocycles. The van der Waals surface area contributed by atoms with Crippen molar-refractivity contribution >= 4 is 0 Å². The van der Waals surface area contributed by atoms with Crippen molar-refractivity contribution in [1.29, 1.82) is 0 Å². The lowest BCUT2D eigenvalue weighted by Crippen LogP contribution is -2.31. The van der Waals surface area contributed by atoms with Crippen LogP contribution in [0.5, 0.6) is 0 Å². The molecule has 0 saturated heterocycles. The monoisotopic (exact) mass is 276 g/mol. The Kier molecular flexibility index (Phi) is 7.86. The molecular weight excluding hydrogens is 244 g/mol. The third-order valence-electron chi connectivity index (χ3n) is 3.84. The van der Waals surface area contributed by atoms with Gasteiger partial charge < -0.3 is 10.2 Å². The van der Waals surface area contributed by atoms with Crippen LogP contribution in [0.15, 0.2) is 24.3 Å². The molecule has 2 nitrogen and oxygen atoms in total. The van der Waals surface area contributed by atoms with Gasteiger partial charge in [-0.1, -0.05) is 37.6 Å². The van der Waals surface area contributed by atoms with Gasteiger partial charge in [-0.2, -0.15) is 0 Å². The summed E-state index contributed by atoms with van der Waals surface area (Å²) in [6.07, 6.45) is 4.95. The summed E-state index contributed by atoms with van der Waals surface area (Å²) in [6, 6.07) is 10.1. The Labute approximate surface area is 125 Å². The van der Waals surface area contributed by atoms with Crippen LogP contribution in [0, 0.1) is 0 Å². The SMILES string of the molecule is CCCCc1ccc(C(C)NC(C)CCN(C)C)cc1. The van der Waals surface area contributed by atoms with E-state index >= 15 is 0 Å². The summed E-state index contributed by atoms with van der Waals surface area (Å²) in [4.78, 5) is 2.24. The second kappa shape index (κ2) is 9.15. The van der Waals surface area contributed by atoms with Gasteiger partial charge in [-0.3, -0.25) is 0 Å². The molecular formula is C18H32N2. The molecule has 0 spiro atoms. The van der Waals surface area contributed by atoms with Crippen LogP contribution in [0.4, 0.5) is 0 Å². The van der Waals surface area contributed by atoms with Gasteiger partial charge in [0.25, 0.3) is 0 Å². The van der Waals surface area contributed by atoms with E-state index < -0.39 is 0 Å². The molecule has 1 aromatic rings. The van der Waals surface area contributed by atoms with E-state index in [9.17, 15) is 0 Å². The van der Waals surface area contributed by atoms with Crippen LogP contribution >= 0.6 is 0 Å². The smallest absolute Gasteiger partial charge is 0.0294 e. The molecule has 20 heavy (non-hydrogen) atoms. The molecule has 2 unspecified atom stereocenters. The Bertz CT molecular complexity index is 356. The van der Waals surface area contributed by atoms with E-state index in [4.69, 9.17) is 0 Å². The van der Waals surface area contributed by atoms with Gasteiger partial charge in [0.1, 0.15) is 0 Å². The van der Waals surface area contributed by atoms with E-state index in [0.717, 1.165) is 6.54 Å². The highest BCUT2D eigenvalue weighted by Gasteiger charge is 2.09. The lowest BCUT2D eigenvalue weighted by molar-refractivity contribution is 0.354. The molecule has 0 bridgehead atoms. The predicted octanol–water partition coefficient (Wildman–Crippen LogP) is 4.02. The van der Waals surface area contributed by atoms with Gasteiger partial charge in [0.15, 0.2) is 0 Å². The van der Waals surface area contributed by atoms with E-state index in [0.29, 0.717) is 12.1 Å². The molecule has 0 aliphatic rings. The first kappa shape index (κ1) is 17.2. The average molecular weight is 276 g/mol. The Morgan fingerprint density at radius 2 is 1.75 bits per heavy atom. The summed E-state index contributed by atoms with van der Waals surface area (Å²) in [7, 11) is 4.26. The van der Waals surface area contributed by atoms with Crippen LogP contribution in [0.3, 0.4) is 0 Å². The van der Waals surface area contributed by atoms with Gasteiger partial charge in [0.05, 0.1) is 0 Å². The minimum atomic E-state index is 0.424. The van der Waals surface area contributed by atoms with Crippen molar-refractivity contribution in [2.75, 3.05) is 20.6 Å². The van der Waals surface area contributed by atoms with E-state index in [1.165, 1.54) is 36.8 Å². The molecule has 2 heteroatoms. The van der Waals surface area contributed by atoms with Crippen molar-refractivity contribution in [1.82, 2.24) is 10.2 Å². The molecule has 114 valence electrons. The Morgan fingerprint density at radius 1 is 1.10 bits per heavy atom. The van der Waals surface area contributed by atoms with Crippen molar-refractivity contribution in [3.05, 3.63) is 35.4 Å². The number of rotatable bonds is 9. The largest absolute Gasteiger partial charge is 0.309 e. The van der Waals surface area contributed by atoms with Gasteiger partial charge in [-0.25, -0.2) is 0 Å². The molecule has 0 radical (unpaired) electrons. The average Bonchev–Trinajstić information content (AvgIpc) is 2.43. The summed E-state index contributed by atoms with van der Waals surface area (Å²) in [5.41, 5.74) is 2.85. The molecule has 0 aliphatic heterocycles. The zero-order chi connectivity index (χ0) is 15.0. The van der Waals surface area contributed by atoms with E-state index in [1.807, 2.05) is 0 Å². The fraction of sp³-hybridized carbons (Fsp3) is 0.667. The third kappa shape index (κ3) is 6.53. The van der Waals surface area contributed by atoms with Gasteiger partial charge in [-0.15, -0.1) is 0 Å². The molecule has 0 saturated carbocycles. The predicted molar refractivity (Wildman–Crippen MR) is 89.2 cm³/mol. The van der Waals surface area contributed by atoms with Crippen molar-refractivity contribution in [3.8, 4) is 0 Å². The molecule has 2 atom stereocenters. The Balaban J connectivity index is 2.44. The summed E-state index contributed by atoms with van der Waals surface area (Å²) >= 11 is 0. The van der Waals surface area contributed by atoms with Gasteiger partial charge >= 0.3 is 0 Å². The second-order valence-electron chi connectivity index (χ2n) is 6.23. The Hall–Kier alpha value is -0.860. The number of nitrogens with zero attached hydrogens (tertiary/aromatic N) is 1. The number of nitrogens with one attached hydrogen (secondary N) is 1. The van der Waals surface area contributed by atoms with Gasteiger partial charge in [-0.05, 0) is 64.9 Å². The number of hydrogen-bond donors (Lipinski definition) is 1. The number of benzene rings is 1. The molecule has 0 amide bonds. The Morgan fingerprint density at radius 3 is 2.30 bits per heavy atom. The van der Waals surface area contributed by atoms with E-state index in [1.54, 1.807) is 0 Å². The zero-order valence-corrected chi connectivity index (χ0v) is 13.9. The minimum Gasteiger partial charge on any atom is -0.309 e. The van der Waals surface area contributed by atoms with Crippen molar-refractivity contribution in [2.24, 2.45) is 0 Å². The molecule has 0 fully saturated rings. The maximum Gasteiger partial charge on any atom is 0.0294 e. The highest BCUT2D eigenvalue weighted by atomic mass is 15.1. The van der Waals surface area contributed by atoms with E-state index in [-0.39, 0.29) is 0 Å². The van der Waals surface area contributed by atoms with Crippen molar-refractivity contribution < 1.29 is 0 Å². The van der Waals surface area contributed by atoms with E-state index in [2.05, 4.69) is 69.3 Å². The number of unbranched alkanes of at least 4 members (excludes halogenated alkanes) is 1. The van der Waals surface area contributed by atoms with Crippen molar-refractivity contribution in [3.63, 3.8) is 0 Å². The second-order valence-corrected chi connectivity index (χ2v) is 6.23. The zero-order valence-electron chi connectivity index (χ0n) is 13.9. The van der Waals surface area contributed by atoms with Crippen LogP contribution in [-0.4, -0.2) is 31.6 Å². The third-order valence-corrected chi connectivity index (χ3v) is 3.84. The summed E-state index contributed by atoms with van der Waals surface area (Å²) < 4.78 is 0. The normalized spacial score (nSPS) is 14.5. The lowest BCUT2D eigenvalue weighted by Gasteiger charge is -2.22. The molecule has 0 aliphatic carbocycles. The summed E-state index contributed by atoms with van der Waals surface area (Å²) in [5, 5.41) is 3.69. The molecule has 1 rings (SSSR count). The van der Waals surface area contributed by atoms with Crippen LogP contribution in [-0.2, 0) is 6.42 Å². The molecule has 1 N–H and O–H groups in total. The number of aryl methyl sites for hydroxylation is 1. The highest BCUT2D eigenvalue weighted by molar-refractivity contribution is 5.24. The highest BCUT2D eigenvalue weighted by Crippen LogP contribution is 2.15. The number of hydrogen-bond acceptors (Lipinski definition) is 2. The minimum absolute atomic E-state index is 0.424. The first-order valence-electron chi connectivity index (χ1n) is 8.02. The van der Waals surface area contributed by atoms with Crippen LogP contribution in [0.2, 0.25) is 0 Å². The van der Waals surface area contributed by atoms with Crippen LogP contribution in [0.1, 0.15) is 57.2 Å². The maximum absolute atomic E-state index is 3.69. The van der Waals surface area contributed by atoms with Crippen LogP contribution < -0.4 is 5.32 Å². The van der Waals surface area contributed by atoms with Gasteiger partial charge in [0.2, 0.25) is 0 Å². The standard InChI is InChI=1S/C18H32N2/c1-6-7-8-17-9-11-18(12-10-17)16(3)19-15(2)13-14-20(4)5/h9-12,15-16,19H,6-8,13-14H2,1-5H3. The molecule has 0 aromatic heterocycles. The first-order chi connectivity index (χ1) is 9.52.